The second-order valence-electron chi connectivity index (χ2n) is 4.61. The summed E-state index contributed by atoms with van der Waals surface area (Å²) in [4.78, 5) is 7.87. The number of nitrogens with zero attached hydrogens (tertiary/aromatic N) is 1. The summed E-state index contributed by atoms with van der Waals surface area (Å²) in [6.45, 7) is 0. The van der Waals surface area contributed by atoms with Crippen LogP contribution in [0.25, 0.3) is 11.0 Å². The number of nitrogens with one attached hydrogen (secondary N) is 2. The van der Waals surface area contributed by atoms with Gasteiger partial charge in [-0.3, -0.25) is 4.72 Å². The molecule has 1 fully saturated rings. The van der Waals surface area contributed by atoms with E-state index in [-0.39, 0.29) is 0 Å². The minimum atomic E-state index is 0.655. The molecule has 17 heavy (non-hydrogen) atoms. The molecular weight excluding hydrogens is 230 g/mol. The van der Waals surface area contributed by atoms with Crippen molar-refractivity contribution in [1.82, 2.24) is 14.7 Å². The van der Waals surface area contributed by atoms with Crippen molar-refractivity contribution in [1.29, 1.82) is 0 Å². The Balaban J connectivity index is 1.64. The third-order valence-electron chi connectivity index (χ3n) is 3.30. The molecular formula is C13H17N3S. The van der Waals surface area contributed by atoms with Crippen LogP contribution in [0.5, 0.6) is 0 Å². The average Bonchev–Trinajstić information content (AvgIpc) is 2.80. The predicted molar refractivity (Wildman–Crippen MR) is 72.0 cm³/mol. The number of benzene rings is 1. The van der Waals surface area contributed by atoms with Gasteiger partial charge in [-0.2, -0.15) is 0 Å². The van der Waals surface area contributed by atoms with Gasteiger partial charge in [-0.15, -0.1) is 0 Å². The van der Waals surface area contributed by atoms with Crippen molar-refractivity contribution in [3.8, 4) is 0 Å². The molecule has 2 aromatic rings. The Kier molecular flexibility index (Phi) is 3.34. The zero-order valence-corrected chi connectivity index (χ0v) is 10.6. The normalized spacial score (nSPS) is 17.6. The number of aromatic nitrogens is 2. The van der Waals surface area contributed by atoms with Crippen LogP contribution in [-0.2, 0) is 0 Å². The summed E-state index contributed by atoms with van der Waals surface area (Å²) in [7, 11) is 0. The van der Waals surface area contributed by atoms with Crippen LogP contribution in [0, 0.1) is 0 Å². The van der Waals surface area contributed by atoms with E-state index < -0.39 is 0 Å². The lowest BCUT2D eigenvalue weighted by atomic mass is 9.96. The van der Waals surface area contributed by atoms with Crippen LogP contribution < -0.4 is 4.72 Å². The van der Waals surface area contributed by atoms with E-state index in [0.29, 0.717) is 6.04 Å². The molecule has 1 aliphatic carbocycles. The minimum absolute atomic E-state index is 0.655. The Morgan fingerprint density at radius 1 is 1.18 bits per heavy atom. The molecule has 3 rings (SSSR count). The third kappa shape index (κ3) is 2.64. The van der Waals surface area contributed by atoms with Crippen molar-refractivity contribution >= 4 is 23.0 Å². The highest BCUT2D eigenvalue weighted by atomic mass is 32.2. The summed E-state index contributed by atoms with van der Waals surface area (Å²) in [6, 6.07) is 8.81. The molecule has 0 spiro atoms. The van der Waals surface area contributed by atoms with Gasteiger partial charge in [0, 0.05) is 6.04 Å². The molecule has 0 aliphatic heterocycles. The molecule has 1 aliphatic rings. The smallest absolute Gasteiger partial charge is 0.181 e. The van der Waals surface area contributed by atoms with Gasteiger partial charge in [-0.05, 0) is 36.9 Å². The lowest BCUT2D eigenvalue weighted by Crippen LogP contribution is -2.25. The van der Waals surface area contributed by atoms with Crippen molar-refractivity contribution in [2.75, 3.05) is 0 Å². The van der Waals surface area contributed by atoms with Crippen molar-refractivity contribution < 1.29 is 0 Å². The van der Waals surface area contributed by atoms with Gasteiger partial charge in [0.25, 0.3) is 0 Å². The first-order chi connectivity index (χ1) is 8.42. The van der Waals surface area contributed by atoms with E-state index in [1.54, 1.807) is 11.9 Å². The van der Waals surface area contributed by atoms with Gasteiger partial charge in [0.2, 0.25) is 0 Å². The van der Waals surface area contributed by atoms with Crippen molar-refractivity contribution in [3.05, 3.63) is 24.3 Å². The van der Waals surface area contributed by atoms with Crippen LogP contribution in [0.3, 0.4) is 0 Å². The summed E-state index contributed by atoms with van der Waals surface area (Å²) in [5.74, 6) is 0. The fourth-order valence-corrected chi connectivity index (χ4v) is 3.16. The van der Waals surface area contributed by atoms with Crippen LogP contribution in [0.15, 0.2) is 29.4 Å². The number of hydrogen-bond donors (Lipinski definition) is 2. The number of H-pyrrole nitrogens is 1. The van der Waals surface area contributed by atoms with Crippen LogP contribution in [-0.4, -0.2) is 16.0 Å². The van der Waals surface area contributed by atoms with E-state index in [0.717, 1.165) is 16.2 Å². The number of aromatic amines is 1. The van der Waals surface area contributed by atoms with Gasteiger partial charge in [0.1, 0.15) is 0 Å². The maximum absolute atomic E-state index is 4.54. The summed E-state index contributed by atoms with van der Waals surface area (Å²) in [5, 5.41) is 0.969. The van der Waals surface area contributed by atoms with Gasteiger partial charge >= 0.3 is 0 Å². The molecule has 90 valence electrons. The van der Waals surface area contributed by atoms with Crippen molar-refractivity contribution in [2.24, 2.45) is 0 Å². The van der Waals surface area contributed by atoms with Gasteiger partial charge in [0.15, 0.2) is 5.16 Å². The lowest BCUT2D eigenvalue weighted by Gasteiger charge is -2.21. The molecule has 0 radical (unpaired) electrons. The van der Waals surface area contributed by atoms with Gasteiger partial charge in [-0.1, -0.05) is 31.4 Å². The van der Waals surface area contributed by atoms with Crippen LogP contribution in [0.2, 0.25) is 0 Å². The number of hydrogen-bond acceptors (Lipinski definition) is 3. The molecule has 1 aromatic heterocycles. The fraction of sp³-hybridized carbons (Fsp3) is 0.462. The number of imidazole rings is 1. The van der Waals surface area contributed by atoms with E-state index in [2.05, 4.69) is 20.8 Å². The standard InChI is InChI=1S/C13H17N3S/c1-2-6-10(7-3-1)16-17-13-14-11-8-4-5-9-12(11)15-13/h4-5,8-10,16H,1-3,6-7H2,(H,14,15). The summed E-state index contributed by atoms with van der Waals surface area (Å²) < 4.78 is 3.52. The van der Waals surface area contributed by atoms with Crippen LogP contribution >= 0.6 is 11.9 Å². The molecule has 3 nitrogen and oxygen atoms in total. The zero-order valence-electron chi connectivity index (χ0n) is 9.78. The molecule has 0 saturated heterocycles. The lowest BCUT2D eigenvalue weighted by molar-refractivity contribution is 0.423. The van der Waals surface area contributed by atoms with E-state index in [4.69, 9.17) is 0 Å². The maximum Gasteiger partial charge on any atom is 0.181 e. The molecule has 4 heteroatoms. The number of rotatable bonds is 3. The van der Waals surface area contributed by atoms with E-state index in [1.165, 1.54) is 32.1 Å². The summed E-state index contributed by atoms with van der Waals surface area (Å²) >= 11 is 1.64. The zero-order chi connectivity index (χ0) is 11.5. The molecule has 0 amide bonds. The highest BCUT2D eigenvalue weighted by Crippen LogP contribution is 2.22. The maximum atomic E-state index is 4.54. The first-order valence-corrected chi connectivity index (χ1v) is 7.10. The Labute approximate surface area is 106 Å². The monoisotopic (exact) mass is 247 g/mol. The van der Waals surface area contributed by atoms with Gasteiger partial charge in [0.05, 0.1) is 11.0 Å². The van der Waals surface area contributed by atoms with E-state index >= 15 is 0 Å². The first-order valence-electron chi connectivity index (χ1n) is 6.29. The SMILES string of the molecule is c1ccc2[nH]c(SNC3CCCCC3)nc2c1. The molecule has 0 unspecified atom stereocenters. The molecule has 0 bridgehead atoms. The van der Waals surface area contributed by atoms with Gasteiger partial charge in [-0.25, -0.2) is 4.98 Å². The first kappa shape index (κ1) is 11.1. The number of para-hydroxylation sites is 2. The van der Waals surface area contributed by atoms with Gasteiger partial charge < -0.3 is 4.98 Å². The molecule has 1 saturated carbocycles. The second kappa shape index (κ2) is 5.10. The van der Waals surface area contributed by atoms with Crippen molar-refractivity contribution in [2.45, 2.75) is 43.3 Å². The van der Waals surface area contributed by atoms with Crippen LogP contribution in [0.1, 0.15) is 32.1 Å². The molecule has 0 atom stereocenters. The average molecular weight is 247 g/mol. The van der Waals surface area contributed by atoms with E-state index in [1.807, 2.05) is 18.2 Å². The largest absolute Gasteiger partial charge is 0.332 e. The summed E-state index contributed by atoms with van der Waals surface area (Å²) in [6.07, 6.45) is 6.71. The second-order valence-corrected chi connectivity index (χ2v) is 5.44. The van der Waals surface area contributed by atoms with E-state index in [9.17, 15) is 0 Å². The molecule has 1 aromatic carbocycles. The molecule has 1 heterocycles. The Morgan fingerprint density at radius 2 is 2.00 bits per heavy atom. The minimum Gasteiger partial charge on any atom is -0.332 e. The third-order valence-corrected chi connectivity index (χ3v) is 4.13. The summed E-state index contributed by atoms with van der Waals surface area (Å²) in [5.41, 5.74) is 2.15. The number of fused-ring (bicyclic) bond motifs is 1. The fourth-order valence-electron chi connectivity index (χ4n) is 2.34. The Morgan fingerprint density at radius 3 is 2.82 bits per heavy atom. The van der Waals surface area contributed by atoms with Crippen molar-refractivity contribution in [3.63, 3.8) is 0 Å². The highest BCUT2D eigenvalue weighted by Gasteiger charge is 2.13. The quantitative estimate of drug-likeness (QED) is 0.816. The highest BCUT2D eigenvalue weighted by molar-refractivity contribution is 7.97. The Bertz CT molecular complexity index is 455. The van der Waals surface area contributed by atoms with Crippen LogP contribution in [0.4, 0.5) is 0 Å². The topological polar surface area (TPSA) is 40.7 Å². The Hall–Kier alpha value is -1.00. The predicted octanol–water partition coefficient (Wildman–Crippen LogP) is 3.49. The molecule has 2 N–H and O–H groups in total.